The highest BCUT2D eigenvalue weighted by atomic mass is 127. The smallest absolute Gasteiger partial charge is 0.191 e. The molecule has 0 amide bonds. The zero-order chi connectivity index (χ0) is 11.0. The molecule has 15 heavy (non-hydrogen) atoms. The molecular weight excluding hydrogens is 329 g/mol. The average molecular weight is 347 g/mol. The van der Waals surface area contributed by atoms with Gasteiger partial charge in [-0.15, -0.1) is 30.6 Å². The maximum absolute atomic E-state index is 10.8. The van der Waals surface area contributed by atoms with Gasteiger partial charge in [-0.05, 0) is 0 Å². The molecule has 0 fully saturated rings. The fourth-order valence-corrected chi connectivity index (χ4v) is 1.22. The molecule has 0 aromatic rings. The van der Waals surface area contributed by atoms with Gasteiger partial charge in [-0.3, -0.25) is 4.99 Å². The highest BCUT2D eigenvalue weighted by Gasteiger charge is 2.01. The third-order valence-electron chi connectivity index (χ3n) is 1.40. The van der Waals surface area contributed by atoms with E-state index in [-0.39, 0.29) is 29.7 Å². The topological polar surface area (TPSA) is 70.6 Å². The molecule has 0 aromatic heterocycles. The van der Waals surface area contributed by atoms with Crippen molar-refractivity contribution < 1.29 is 8.42 Å². The fourth-order valence-electron chi connectivity index (χ4n) is 0.744. The van der Waals surface area contributed by atoms with Gasteiger partial charge in [-0.1, -0.05) is 6.08 Å². The Morgan fingerprint density at radius 2 is 2.07 bits per heavy atom. The number of hydrogen-bond donors (Lipinski definition) is 2. The lowest BCUT2D eigenvalue weighted by Gasteiger charge is -2.09. The Morgan fingerprint density at radius 1 is 1.47 bits per heavy atom. The van der Waals surface area contributed by atoms with E-state index in [4.69, 9.17) is 0 Å². The van der Waals surface area contributed by atoms with Gasteiger partial charge in [-0.2, -0.15) is 0 Å². The van der Waals surface area contributed by atoms with Crippen molar-refractivity contribution in [1.29, 1.82) is 0 Å². The number of guanidine groups is 1. The van der Waals surface area contributed by atoms with E-state index in [1.807, 2.05) is 0 Å². The monoisotopic (exact) mass is 347 g/mol. The molecule has 0 saturated carbocycles. The molecule has 0 aliphatic carbocycles. The van der Waals surface area contributed by atoms with Crippen molar-refractivity contribution in [1.82, 2.24) is 10.6 Å². The second-order valence-corrected chi connectivity index (χ2v) is 5.06. The summed E-state index contributed by atoms with van der Waals surface area (Å²) in [5.41, 5.74) is 0. The molecule has 2 N–H and O–H groups in total. The van der Waals surface area contributed by atoms with Gasteiger partial charge < -0.3 is 10.6 Å². The lowest BCUT2D eigenvalue weighted by atomic mass is 10.6. The Bertz CT molecular complexity index is 301. The molecule has 0 radical (unpaired) electrons. The van der Waals surface area contributed by atoms with Crippen LogP contribution in [0.3, 0.4) is 0 Å². The van der Waals surface area contributed by atoms with Crippen molar-refractivity contribution in [2.75, 3.05) is 32.1 Å². The van der Waals surface area contributed by atoms with Crippen molar-refractivity contribution >= 4 is 39.8 Å². The summed E-state index contributed by atoms with van der Waals surface area (Å²) >= 11 is 0. The molecule has 0 atom stereocenters. The summed E-state index contributed by atoms with van der Waals surface area (Å²) < 4.78 is 21.6. The zero-order valence-electron chi connectivity index (χ0n) is 8.99. The average Bonchev–Trinajstić information content (AvgIpc) is 2.09. The summed E-state index contributed by atoms with van der Waals surface area (Å²) in [5.74, 6) is 0.676. The van der Waals surface area contributed by atoms with Gasteiger partial charge in [0.05, 0.1) is 5.75 Å². The third kappa shape index (κ3) is 11.6. The van der Waals surface area contributed by atoms with Crippen molar-refractivity contribution in [3.63, 3.8) is 0 Å². The predicted octanol–water partition coefficient (Wildman–Crippen LogP) is -0.000000000000000167. The number of nitrogens with zero attached hydrogens (tertiary/aromatic N) is 1. The third-order valence-corrected chi connectivity index (χ3v) is 2.35. The standard InChI is InChI=1S/C8H17N3O2S.HI/c1-4-5-10-8(9-2)11-6-7-14(3,12)13;/h4H,1,5-7H2,2-3H3,(H2,9,10,11);1H. The number of halogens is 1. The van der Waals surface area contributed by atoms with Crippen LogP contribution in [0.4, 0.5) is 0 Å². The van der Waals surface area contributed by atoms with Crippen LogP contribution in [0.15, 0.2) is 17.6 Å². The highest BCUT2D eigenvalue weighted by molar-refractivity contribution is 14.0. The van der Waals surface area contributed by atoms with E-state index in [1.165, 1.54) is 6.26 Å². The van der Waals surface area contributed by atoms with Crippen molar-refractivity contribution in [3.05, 3.63) is 12.7 Å². The highest BCUT2D eigenvalue weighted by Crippen LogP contribution is 1.79. The normalized spacial score (nSPS) is 11.5. The number of hydrogen-bond acceptors (Lipinski definition) is 3. The quantitative estimate of drug-likeness (QED) is 0.318. The van der Waals surface area contributed by atoms with E-state index in [9.17, 15) is 8.42 Å². The first-order valence-electron chi connectivity index (χ1n) is 4.22. The van der Waals surface area contributed by atoms with Crippen molar-refractivity contribution in [3.8, 4) is 0 Å². The van der Waals surface area contributed by atoms with E-state index in [2.05, 4.69) is 22.2 Å². The summed E-state index contributed by atoms with van der Waals surface area (Å²) in [6, 6.07) is 0. The molecule has 0 heterocycles. The molecule has 0 aliphatic rings. The molecule has 0 aliphatic heterocycles. The van der Waals surface area contributed by atoms with Crippen LogP contribution in [0.2, 0.25) is 0 Å². The molecule has 90 valence electrons. The Labute approximate surface area is 108 Å². The van der Waals surface area contributed by atoms with E-state index in [0.717, 1.165) is 0 Å². The minimum absolute atomic E-state index is 0. The minimum atomic E-state index is -2.91. The molecule has 0 bridgehead atoms. The molecular formula is C8H18IN3O2S. The van der Waals surface area contributed by atoms with E-state index in [0.29, 0.717) is 19.0 Å². The molecule has 5 nitrogen and oxygen atoms in total. The number of sulfone groups is 1. The van der Waals surface area contributed by atoms with Gasteiger partial charge in [0.1, 0.15) is 9.84 Å². The lowest BCUT2D eigenvalue weighted by Crippen LogP contribution is -2.39. The van der Waals surface area contributed by atoms with Crippen molar-refractivity contribution in [2.24, 2.45) is 4.99 Å². The van der Waals surface area contributed by atoms with Crippen LogP contribution in [0, 0.1) is 0 Å². The minimum Gasteiger partial charge on any atom is -0.355 e. The van der Waals surface area contributed by atoms with Crippen LogP contribution in [0.5, 0.6) is 0 Å². The largest absolute Gasteiger partial charge is 0.355 e. The molecule has 0 rings (SSSR count). The number of aliphatic imine (C=N–C) groups is 1. The van der Waals surface area contributed by atoms with E-state index in [1.54, 1.807) is 13.1 Å². The van der Waals surface area contributed by atoms with Gasteiger partial charge in [0.15, 0.2) is 5.96 Å². The summed E-state index contributed by atoms with van der Waals surface area (Å²) in [7, 11) is -1.29. The van der Waals surface area contributed by atoms with Gasteiger partial charge in [0.2, 0.25) is 0 Å². The van der Waals surface area contributed by atoms with Gasteiger partial charge in [0, 0.05) is 26.4 Å². The van der Waals surface area contributed by atoms with Crippen LogP contribution in [0.1, 0.15) is 0 Å². The van der Waals surface area contributed by atoms with Crippen LogP contribution >= 0.6 is 24.0 Å². The molecule has 0 spiro atoms. The lowest BCUT2D eigenvalue weighted by molar-refractivity contribution is 0.600. The van der Waals surface area contributed by atoms with Crippen LogP contribution in [-0.2, 0) is 9.84 Å². The summed E-state index contributed by atoms with van der Waals surface area (Å²) in [5, 5.41) is 5.80. The number of rotatable bonds is 5. The molecule has 7 heteroatoms. The SMILES string of the molecule is C=CCNC(=NC)NCCS(C)(=O)=O.I. The molecule has 0 saturated heterocycles. The van der Waals surface area contributed by atoms with Gasteiger partial charge in [-0.25, -0.2) is 8.42 Å². The predicted molar refractivity (Wildman–Crippen MR) is 74.7 cm³/mol. The second-order valence-electron chi connectivity index (χ2n) is 2.80. The number of nitrogens with one attached hydrogen (secondary N) is 2. The van der Waals surface area contributed by atoms with Gasteiger partial charge in [0.25, 0.3) is 0 Å². The Morgan fingerprint density at radius 3 is 2.47 bits per heavy atom. The first-order chi connectivity index (χ1) is 6.49. The Balaban J connectivity index is 0. The van der Waals surface area contributed by atoms with E-state index < -0.39 is 9.84 Å². The summed E-state index contributed by atoms with van der Waals surface area (Å²) in [4.78, 5) is 3.90. The molecule has 0 unspecified atom stereocenters. The van der Waals surface area contributed by atoms with Crippen molar-refractivity contribution in [2.45, 2.75) is 0 Å². The van der Waals surface area contributed by atoms with Crippen LogP contribution in [-0.4, -0.2) is 46.5 Å². The maximum atomic E-state index is 10.8. The second kappa shape index (κ2) is 8.96. The first-order valence-corrected chi connectivity index (χ1v) is 6.29. The Kier molecular flexibility index (Phi) is 10.2. The van der Waals surface area contributed by atoms with Crippen LogP contribution in [0.25, 0.3) is 0 Å². The van der Waals surface area contributed by atoms with Gasteiger partial charge >= 0.3 is 0 Å². The molecule has 0 aromatic carbocycles. The summed E-state index contributed by atoms with van der Waals surface area (Å²) in [6.07, 6.45) is 2.90. The van der Waals surface area contributed by atoms with E-state index >= 15 is 0 Å². The fraction of sp³-hybridized carbons (Fsp3) is 0.625. The maximum Gasteiger partial charge on any atom is 0.191 e. The van der Waals surface area contributed by atoms with Crippen LogP contribution < -0.4 is 10.6 Å². The first kappa shape index (κ1) is 17.1. The summed E-state index contributed by atoms with van der Waals surface area (Å²) in [6.45, 7) is 4.50. The zero-order valence-corrected chi connectivity index (χ0v) is 12.1. The Hall–Kier alpha value is -0.310.